The van der Waals surface area contributed by atoms with Crippen molar-refractivity contribution in [2.75, 3.05) is 13.2 Å². The number of aromatic nitrogens is 1. The molecule has 1 aromatic heterocycles. The molecular weight excluding hydrogens is 348 g/mol. The molecule has 0 spiro atoms. The fourth-order valence-corrected chi connectivity index (χ4v) is 3.59. The lowest BCUT2D eigenvalue weighted by atomic mass is 10.0. The zero-order valence-corrected chi connectivity index (χ0v) is 15.5. The molecule has 0 fully saturated rings. The first-order valence-corrected chi connectivity index (χ1v) is 8.57. The van der Waals surface area contributed by atoms with Crippen molar-refractivity contribution in [2.45, 2.75) is 12.6 Å². The van der Waals surface area contributed by atoms with Crippen LogP contribution in [0.4, 0.5) is 0 Å². The topological polar surface area (TPSA) is 57.4 Å². The Labute approximate surface area is 158 Å². The molecule has 0 radical (unpaired) electrons. The minimum atomic E-state index is -0.288. The van der Waals surface area contributed by atoms with E-state index in [-0.39, 0.29) is 31.7 Å². The lowest BCUT2D eigenvalue weighted by molar-refractivity contribution is 0.170. The monoisotopic (exact) mass is 370 g/mol. The van der Waals surface area contributed by atoms with Gasteiger partial charge in [0.05, 0.1) is 19.3 Å². The third-order valence-corrected chi connectivity index (χ3v) is 5.00. The number of hydrogen-bond donors (Lipinski definition) is 3. The number of aliphatic hydroxyl groups is 2. The molecule has 4 rings (SSSR count). The fourth-order valence-electron chi connectivity index (χ4n) is 3.59. The van der Waals surface area contributed by atoms with Gasteiger partial charge in [-0.1, -0.05) is 36.4 Å². The van der Waals surface area contributed by atoms with Gasteiger partial charge in [0.2, 0.25) is 0 Å². The van der Waals surface area contributed by atoms with Crippen LogP contribution >= 0.6 is 12.4 Å². The SMILES string of the molecule is Cl.Cn1c2ccc(CNC(CO)CO)cc2c2c3ccccc3ccc21. The molecule has 4 nitrogen and oxygen atoms in total. The van der Waals surface area contributed by atoms with E-state index in [9.17, 15) is 10.2 Å². The third kappa shape index (κ3) is 3.06. The average molecular weight is 371 g/mol. The standard InChI is InChI=1S/C21H22N2O2.ClH/c1-23-19-8-6-14(11-22-16(12-24)13-25)10-18(19)21-17-5-3-2-4-15(17)7-9-20(21)23;/h2-10,16,22,24-25H,11-13H2,1H3;1H. The van der Waals surface area contributed by atoms with E-state index in [1.165, 1.54) is 32.6 Å². The van der Waals surface area contributed by atoms with Gasteiger partial charge < -0.3 is 20.1 Å². The zero-order chi connectivity index (χ0) is 17.4. The van der Waals surface area contributed by atoms with Gasteiger partial charge in [0.1, 0.15) is 0 Å². The summed E-state index contributed by atoms with van der Waals surface area (Å²) < 4.78 is 2.23. The Morgan fingerprint density at radius 3 is 2.42 bits per heavy atom. The summed E-state index contributed by atoms with van der Waals surface area (Å²) in [7, 11) is 2.10. The number of hydrogen-bond acceptors (Lipinski definition) is 3. The van der Waals surface area contributed by atoms with Crippen LogP contribution in [-0.2, 0) is 13.6 Å². The van der Waals surface area contributed by atoms with Gasteiger partial charge in [-0.3, -0.25) is 0 Å². The quantitative estimate of drug-likeness (QED) is 0.505. The number of benzene rings is 3. The van der Waals surface area contributed by atoms with E-state index in [4.69, 9.17) is 0 Å². The van der Waals surface area contributed by atoms with Crippen LogP contribution in [0.3, 0.4) is 0 Å². The summed E-state index contributed by atoms with van der Waals surface area (Å²) in [5, 5.41) is 26.6. The smallest absolute Gasteiger partial charge is 0.0607 e. The molecule has 0 amide bonds. The Morgan fingerprint density at radius 1 is 0.923 bits per heavy atom. The van der Waals surface area contributed by atoms with Crippen molar-refractivity contribution in [3.63, 3.8) is 0 Å². The number of rotatable bonds is 5. The molecular formula is C21H23ClN2O2. The summed E-state index contributed by atoms with van der Waals surface area (Å²) in [5.74, 6) is 0. The second-order valence-electron chi connectivity index (χ2n) is 6.53. The normalized spacial score (nSPS) is 11.5. The van der Waals surface area contributed by atoms with Crippen molar-refractivity contribution in [1.29, 1.82) is 0 Å². The number of nitrogens with one attached hydrogen (secondary N) is 1. The molecule has 0 saturated carbocycles. The first-order valence-electron chi connectivity index (χ1n) is 8.57. The van der Waals surface area contributed by atoms with Crippen molar-refractivity contribution in [3.8, 4) is 0 Å². The summed E-state index contributed by atoms with van der Waals surface area (Å²) in [6, 6.07) is 19.0. The van der Waals surface area contributed by atoms with Gasteiger partial charge >= 0.3 is 0 Å². The van der Waals surface area contributed by atoms with Crippen LogP contribution in [0.1, 0.15) is 5.56 Å². The highest BCUT2D eigenvalue weighted by Gasteiger charge is 2.12. The van der Waals surface area contributed by atoms with Crippen molar-refractivity contribution in [2.24, 2.45) is 7.05 Å². The van der Waals surface area contributed by atoms with Crippen LogP contribution in [0.2, 0.25) is 0 Å². The molecule has 0 aliphatic carbocycles. The van der Waals surface area contributed by atoms with E-state index in [1.54, 1.807) is 0 Å². The number of fused-ring (bicyclic) bond motifs is 5. The maximum atomic E-state index is 9.21. The molecule has 0 unspecified atom stereocenters. The van der Waals surface area contributed by atoms with Gasteiger partial charge in [-0.2, -0.15) is 0 Å². The maximum Gasteiger partial charge on any atom is 0.0607 e. The van der Waals surface area contributed by atoms with Crippen LogP contribution < -0.4 is 5.32 Å². The molecule has 0 atom stereocenters. The van der Waals surface area contributed by atoms with Gasteiger partial charge in [-0.05, 0) is 34.5 Å². The Hall–Kier alpha value is -2.11. The summed E-state index contributed by atoms with van der Waals surface area (Å²) in [4.78, 5) is 0. The summed E-state index contributed by atoms with van der Waals surface area (Å²) in [6.45, 7) is 0.470. The largest absolute Gasteiger partial charge is 0.395 e. The van der Waals surface area contributed by atoms with Crippen molar-refractivity contribution < 1.29 is 10.2 Å². The molecule has 26 heavy (non-hydrogen) atoms. The Kier molecular flexibility index (Phi) is 5.49. The maximum absolute atomic E-state index is 9.21. The van der Waals surface area contributed by atoms with Crippen molar-refractivity contribution in [3.05, 3.63) is 60.2 Å². The predicted octanol–water partition coefficient (Wildman–Crippen LogP) is 3.35. The molecule has 1 heterocycles. The molecule has 136 valence electrons. The Bertz CT molecular complexity index is 1050. The lowest BCUT2D eigenvalue weighted by Crippen LogP contribution is -2.35. The van der Waals surface area contributed by atoms with Crippen LogP contribution in [0.25, 0.3) is 32.6 Å². The molecule has 4 aromatic rings. The minimum absolute atomic E-state index is 0. The van der Waals surface area contributed by atoms with Crippen molar-refractivity contribution >= 4 is 45.0 Å². The number of nitrogens with zero attached hydrogens (tertiary/aromatic N) is 1. The lowest BCUT2D eigenvalue weighted by Gasteiger charge is -2.13. The minimum Gasteiger partial charge on any atom is -0.395 e. The summed E-state index contributed by atoms with van der Waals surface area (Å²) in [6.07, 6.45) is 0. The van der Waals surface area contributed by atoms with E-state index in [0.29, 0.717) is 6.54 Å². The van der Waals surface area contributed by atoms with Gasteiger partial charge in [-0.15, -0.1) is 12.4 Å². The zero-order valence-electron chi connectivity index (χ0n) is 14.6. The van der Waals surface area contributed by atoms with Crippen LogP contribution in [0, 0.1) is 0 Å². The summed E-state index contributed by atoms with van der Waals surface area (Å²) >= 11 is 0. The number of halogens is 1. The van der Waals surface area contributed by atoms with Gasteiger partial charge in [-0.25, -0.2) is 0 Å². The van der Waals surface area contributed by atoms with Crippen molar-refractivity contribution in [1.82, 2.24) is 9.88 Å². The van der Waals surface area contributed by atoms with E-state index in [2.05, 4.69) is 71.5 Å². The predicted molar refractivity (Wildman–Crippen MR) is 110 cm³/mol. The highest BCUT2D eigenvalue weighted by molar-refractivity contribution is 6.20. The molecule has 0 bridgehead atoms. The summed E-state index contributed by atoms with van der Waals surface area (Å²) in [5.41, 5.74) is 3.57. The average Bonchev–Trinajstić information content (AvgIpc) is 2.95. The highest BCUT2D eigenvalue weighted by atomic mass is 35.5. The van der Waals surface area contributed by atoms with Crippen LogP contribution in [-0.4, -0.2) is 34.0 Å². The first kappa shape index (κ1) is 18.7. The highest BCUT2D eigenvalue weighted by Crippen LogP contribution is 2.34. The van der Waals surface area contributed by atoms with E-state index < -0.39 is 0 Å². The van der Waals surface area contributed by atoms with Crippen LogP contribution in [0.15, 0.2) is 54.6 Å². The van der Waals surface area contributed by atoms with Gasteiger partial charge in [0.15, 0.2) is 0 Å². The number of aryl methyl sites for hydroxylation is 1. The third-order valence-electron chi connectivity index (χ3n) is 5.00. The van der Waals surface area contributed by atoms with Crippen LogP contribution in [0.5, 0.6) is 0 Å². The van der Waals surface area contributed by atoms with E-state index in [1.807, 2.05) is 0 Å². The molecule has 3 N–H and O–H groups in total. The number of aliphatic hydroxyl groups excluding tert-OH is 2. The van der Waals surface area contributed by atoms with Gasteiger partial charge in [0.25, 0.3) is 0 Å². The fraction of sp³-hybridized carbons (Fsp3) is 0.238. The first-order chi connectivity index (χ1) is 12.2. The molecule has 5 heteroatoms. The second kappa shape index (κ2) is 7.64. The Balaban J connectivity index is 0.00000196. The second-order valence-corrected chi connectivity index (χ2v) is 6.53. The molecule has 0 aliphatic heterocycles. The Morgan fingerprint density at radius 2 is 1.65 bits per heavy atom. The van der Waals surface area contributed by atoms with E-state index >= 15 is 0 Å². The van der Waals surface area contributed by atoms with Gasteiger partial charge in [0, 0.05) is 35.4 Å². The molecule has 0 saturated heterocycles. The molecule has 0 aliphatic rings. The molecule has 3 aromatic carbocycles. The van der Waals surface area contributed by atoms with E-state index in [0.717, 1.165) is 5.56 Å².